The summed E-state index contributed by atoms with van der Waals surface area (Å²) in [5.41, 5.74) is 4.94. The fraction of sp³-hybridized carbons (Fsp3) is 0.167. The molecule has 0 atom stereocenters. The first kappa shape index (κ1) is 17.4. The molecule has 7 heteroatoms. The molecule has 2 N–H and O–H groups in total. The first-order chi connectivity index (χ1) is 11.8. The molecular weight excluding hydrogens is 354 g/mol. The predicted molar refractivity (Wildman–Crippen MR) is 103 cm³/mol. The number of aryl methyl sites for hydroxylation is 3. The van der Waals surface area contributed by atoms with Gasteiger partial charge in [0.1, 0.15) is 10.0 Å². The van der Waals surface area contributed by atoms with Gasteiger partial charge in [-0.1, -0.05) is 23.8 Å². The minimum absolute atomic E-state index is 0.278. The van der Waals surface area contributed by atoms with Crippen LogP contribution in [0.1, 0.15) is 16.7 Å². The highest BCUT2D eigenvalue weighted by Gasteiger charge is 2.15. The molecule has 0 aliphatic heterocycles. The van der Waals surface area contributed by atoms with E-state index < -0.39 is 10.0 Å². The summed E-state index contributed by atoms with van der Waals surface area (Å²) in [6.07, 6.45) is 1.51. The van der Waals surface area contributed by atoms with E-state index in [1.807, 2.05) is 13.8 Å². The second-order valence-electron chi connectivity index (χ2n) is 5.87. The van der Waals surface area contributed by atoms with Gasteiger partial charge in [-0.2, -0.15) is 0 Å². The molecule has 0 aliphatic carbocycles. The van der Waals surface area contributed by atoms with Gasteiger partial charge in [-0.05, 0) is 55.5 Å². The number of hydrogen-bond donors (Lipinski definition) is 2. The minimum atomic E-state index is -3.55. The van der Waals surface area contributed by atoms with Crippen molar-refractivity contribution in [1.29, 1.82) is 0 Å². The molecule has 0 saturated heterocycles. The molecule has 2 aromatic heterocycles. The number of rotatable bonds is 5. The van der Waals surface area contributed by atoms with Crippen molar-refractivity contribution in [2.24, 2.45) is 0 Å². The summed E-state index contributed by atoms with van der Waals surface area (Å²) in [6.45, 7) is 6.16. The van der Waals surface area contributed by atoms with Crippen LogP contribution in [0.15, 0.2) is 52.2 Å². The van der Waals surface area contributed by atoms with Crippen LogP contribution in [0.5, 0.6) is 0 Å². The van der Waals surface area contributed by atoms with Crippen molar-refractivity contribution in [3.05, 3.63) is 64.7 Å². The molecule has 1 aromatic carbocycles. The van der Waals surface area contributed by atoms with E-state index in [-0.39, 0.29) is 4.21 Å². The molecule has 0 radical (unpaired) electrons. The molecule has 0 fully saturated rings. The molecule has 0 unspecified atom stereocenters. The summed E-state index contributed by atoms with van der Waals surface area (Å²) in [5, 5.41) is 5.03. The van der Waals surface area contributed by atoms with Gasteiger partial charge >= 0.3 is 0 Å². The Balaban J connectivity index is 1.77. The number of pyridine rings is 1. The maximum Gasteiger partial charge on any atom is 0.271 e. The first-order valence-corrected chi connectivity index (χ1v) is 10.1. The zero-order chi connectivity index (χ0) is 18.0. The SMILES string of the molecule is Cc1cc(C)c(Nc2ccc(NS(=O)(=O)c3cccs3)cn2)c(C)c1. The quantitative estimate of drug-likeness (QED) is 0.685. The molecule has 2 heterocycles. The predicted octanol–water partition coefficient (Wildman–Crippen LogP) is 4.61. The summed E-state index contributed by atoms with van der Waals surface area (Å²) in [6, 6.07) is 10.9. The summed E-state index contributed by atoms with van der Waals surface area (Å²) >= 11 is 1.18. The lowest BCUT2D eigenvalue weighted by Gasteiger charge is -2.13. The van der Waals surface area contributed by atoms with Crippen LogP contribution >= 0.6 is 11.3 Å². The van der Waals surface area contributed by atoms with Gasteiger partial charge in [-0.3, -0.25) is 4.72 Å². The Morgan fingerprint density at radius 3 is 2.32 bits per heavy atom. The molecule has 0 amide bonds. The molecule has 0 bridgehead atoms. The average molecular weight is 374 g/mol. The van der Waals surface area contributed by atoms with Crippen LogP contribution in [0.4, 0.5) is 17.2 Å². The molecule has 5 nitrogen and oxygen atoms in total. The number of nitrogens with one attached hydrogen (secondary N) is 2. The standard InChI is InChI=1S/C18H19N3O2S2/c1-12-9-13(2)18(14(3)10-12)20-16-7-6-15(11-19-16)21-25(22,23)17-5-4-8-24-17/h4-11,21H,1-3H3,(H,19,20). The number of thiophene rings is 1. The number of benzene rings is 1. The normalized spacial score (nSPS) is 11.3. The second kappa shape index (κ2) is 6.85. The largest absolute Gasteiger partial charge is 0.340 e. The third kappa shape index (κ3) is 4.00. The Morgan fingerprint density at radius 2 is 1.76 bits per heavy atom. The fourth-order valence-corrected chi connectivity index (χ4v) is 4.69. The lowest BCUT2D eigenvalue weighted by Crippen LogP contribution is -2.11. The molecule has 130 valence electrons. The molecule has 25 heavy (non-hydrogen) atoms. The zero-order valence-electron chi connectivity index (χ0n) is 14.2. The van der Waals surface area contributed by atoms with Crippen molar-refractivity contribution in [3.8, 4) is 0 Å². The highest BCUT2D eigenvalue weighted by molar-refractivity contribution is 7.94. The Bertz CT molecular complexity index is 957. The highest BCUT2D eigenvalue weighted by atomic mass is 32.2. The lowest BCUT2D eigenvalue weighted by molar-refractivity contribution is 0.603. The average Bonchev–Trinajstić information content (AvgIpc) is 3.07. The van der Waals surface area contributed by atoms with E-state index >= 15 is 0 Å². The van der Waals surface area contributed by atoms with E-state index in [1.54, 1.807) is 29.6 Å². The molecule has 3 aromatic rings. The second-order valence-corrected chi connectivity index (χ2v) is 8.73. The van der Waals surface area contributed by atoms with Crippen LogP contribution in [-0.4, -0.2) is 13.4 Å². The van der Waals surface area contributed by atoms with Gasteiger partial charge in [0.25, 0.3) is 10.0 Å². The third-order valence-electron chi connectivity index (χ3n) is 3.71. The third-order valence-corrected chi connectivity index (χ3v) is 6.48. The number of anilines is 3. The van der Waals surface area contributed by atoms with Crippen molar-refractivity contribution >= 4 is 38.6 Å². The van der Waals surface area contributed by atoms with Gasteiger partial charge in [0.05, 0.1) is 11.9 Å². The maximum absolute atomic E-state index is 12.2. The molecule has 0 aliphatic rings. The first-order valence-electron chi connectivity index (χ1n) is 7.72. The van der Waals surface area contributed by atoms with Gasteiger partial charge < -0.3 is 5.32 Å². The number of sulfonamides is 1. The maximum atomic E-state index is 12.2. The van der Waals surface area contributed by atoms with Crippen LogP contribution in [0.2, 0.25) is 0 Å². The monoisotopic (exact) mass is 373 g/mol. The van der Waals surface area contributed by atoms with E-state index in [2.05, 4.69) is 34.1 Å². The van der Waals surface area contributed by atoms with Crippen molar-refractivity contribution < 1.29 is 8.42 Å². The molecule has 0 spiro atoms. The molecule has 0 saturated carbocycles. The number of nitrogens with zero attached hydrogens (tertiary/aromatic N) is 1. The van der Waals surface area contributed by atoms with Crippen molar-refractivity contribution in [2.75, 3.05) is 10.0 Å². The number of hydrogen-bond acceptors (Lipinski definition) is 5. The zero-order valence-corrected chi connectivity index (χ0v) is 15.8. The van der Waals surface area contributed by atoms with Gasteiger partial charge in [0, 0.05) is 5.69 Å². The van der Waals surface area contributed by atoms with E-state index in [1.165, 1.54) is 23.1 Å². The van der Waals surface area contributed by atoms with E-state index in [4.69, 9.17) is 0 Å². The van der Waals surface area contributed by atoms with E-state index in [9.17, 15) is 8.42 Å². The number of aromatic nitrogens is 1. The smallest absolute Gasteiger partial charge is 0.271 e. The summed E-state index contributed by atoms with van der Waals surface area (Å²) in [7, 11) is -3.55. The van der Waals surface area contributed by atoms with Crippen molar-refractivity contribution in [1.82, 2.24) is 4.98 Å². The Morgan fingerprint density at radius 1 is 1.04 bits per heavy atom. The summed E-state index contributed by atoms with van der Waals surface area (Å²) in [5.74, 6) is 0.661. The van der Waals surface area contributed by atoms with Gasteiger partial charge in [0.2, 0.25) is 0 Å². The van der Waals surface area contributed by atoms with E-state index in [0.717, 1.165) is 16.8 Å². The van der Waals surface area contributed by atoms with Gasteiger partial charge in [0.15, 0.2) is 0 Å². The van der Waals surface area contributed by atoms with Crippen molar-refractivity contribution in [2.45, 2.75) is 25.0 Å². The van der Waals surface area contributed by atoms with E-state index in [0.29, 0.717) is 11.5 Å². The minimum Gasteiger partial charge on any atom is -0.340 e. The topological polar surface area (TPSA) is 71.1 Å². The van der Waals surface area contributed by atoms with Crippen molar-refractivity contribution in [3.63, 3.8) is 0 Å². The Labute approximate surface area is 151 Å². The van der Waals surface area contributed by atoms with Crippen LogP contribution in [-0.2, 0) is 10.0 Å². The van der Waals surface area contributed by atoms with Crippen LogP contribution in [0, 0.1) is 20.8 Å². The summed E-state index contributed by atoms with van der Waals surface area (Å²) < 4.78 is 27.2. The van der Waals surface area contributed by atoms with Gasteiger partial charge in [-0.25, -0.2) is 13.4 Å². The highest BCUT2D eigenvalue weighted by Crippen LogP contribution is 2.26. The fourth-order valence-electron chi connectivity index (χ4n) is 2.66. The van der Waals surface area contributed by atoms with Gasteiger partial charge in [-0.15, -0.1) is 11.3 Å². The lowest BCUT2D eigenvalue weighted by atomic mass is 10.1. The Hall–Kier alpha value is -2.38. The summed E-state index contributed by atoms with van der Waals surface area (Å²) in [4.78, 5) is 4.31. The van der Waals surface area contributed by atoms with Crippen LogP contribution < -0.4 is 10.0 Å². The van der Waals surface area contributed by atoms with Crippen LogP contribution in [0.25, 0.3) is 0 Å². The Kier molecular flexibility index (Phi) is 4.78. The molecular formula is C18H19N3O2S2. The molecule has 3 rings (SSSR count). The van der Waals surface area contributed by atoms with Crippen LogP contribution in [0.3, 0.4) is 0 Å².